The number of hydrogen-bond acceptors (Lipinski definition) is 2. The maximum absolute atomic E-state index is 3.60. The zero-order valence-electron chi connectivity index (χ0n) is 9.35. The lowest BCUT2D eigenvalue weighted by Gasteiger charge is -2.13. The maximum Gasteiger partial charge on any atom is 0.0731 e. The van der Waals surface area contributed by atoms with Crippen LogP contribution in [0.2, 0.25) is 0 Å². The molecule has 3 heteroatoms. The first-order valence-corrected chi connectivity index (χ1v) is 7.24. The lowest BCUT2D eigenvalue weighted by atomic mass is 10.1. The SMILES string of the molecule is CNC(CCC1CC1)c1cc(C)c(Br)s1. The first-order valence-electron chi connectivity index (χ1n) is 5.63. The summed E-state index contributed by atoms with van der Waals surface area (Å²) in [5.74, 6) is 1.03. The molecule has 1 atom stereocenters. The maximum atomic E-state index is 3.60. The molecule has 1 aromatic rings. The van der Waals surface area contributed by atoms with E-state index in [-0.39, 0.29) is 0 Å². The van der Waals surface area contributed by atoms with Gasteiger partial charge < -0.3 is 5.32 Å². The van der Waals surface area contributed by atoms with Crippen molar-refractivity contribution in [2.24, 2.45) is 5.92 Å². The third-order valence-corrected chi connectivity index (χ3v) is 5.38. The quantitative estimate of drug-likeness (QED) is 0.853. The van der Waals surface area contributed by atoms with Gasteiger partial charge in [0.05, 0.1) is 3.79 Å². The molecule has 0 bridgehead atoms. The third-order valence-electron chi connectivity index (χ3n) is 3.13. The van der Waals surface area contributed by atoms with Crippen LogP contribution in [0.4, 0.5) is 0 Å². The molecule has 1 aliphatic carbocycles. The van der Waals surface area contributed by atoms with Crippen molar-refractivity contribution in [3.05, 3.63) is 20.3 Å². The Balaban J connectivity index is 1.97. The van der Waals surface area contributed by atoms with Gasteiger partial charge in [0.2, 0.25) is 0 Å². The van der Waals surface area contributed by atoms with E-state index in [1.165, 1.54) is 39.9 Å². The molecule has 0 amide bonds. The van der Waals surface area contributed by atoms with Crippen molar-refractivity contribution in [1.29, 1.82) is 0 Å². The summed E-state index contributed by atoms with van der Waals surface area (Å²) in [5.41, 5.74) is 1.36. The second kappa shape index (κ2) is 4.98. The number of hydrogen-bond donors (Lipinski definition) is 1. The van der Waals surface area contributed by atoms with Crippen molar-refractivity contribution in [2.75, 3.05) is 7.05 Å². The second-order valence-corrected chi connectivity index (χ2v) is 6.87. The topological polar surface area (TPSA) is 12.0 Å². The fourth-order valence-corrected chi connectivity index (χ4v) is 3.61. The van der Waals surface area contributed by atoms with E-state index in [4.69, 9.17) is 0 Å². The highest BCUT2D eigenvalue weighted by Gasteiger charge is 2.23. The van der Waals surface area contributed by atoms with E-state index < -0.39 is 0 Å². The highest BCUT2D eigenvalue weighted by Crippen LogP contribution is 2.38. The molecule has 1 saturated carbocycles. The lowest BCUT2D eigenvalue weighted by molar-refractivity contribution is 0.513. The van der Waals surface area contributed by atoms with Crippen molar-refractivity contribution in [3.63, 3.8) is 0 Å². The number of halogens is 1. The van der Waals surface area contributed by atoms with Gasteiger partial charge >= 0.3 is 0 Å². The van der Waals surface area contributed by atoms with Crippen molar-refractivity contribution >= 4 is 27.3 Å². The van der Waals surface area contributed by atoms with Crippen molar-refractivity contribution in [3.8, 4) is 0 Å². The Morgan fingerprint density at radius 2 is 2.33 bits per heavy atom. The van der Waals surface area contributed by atoms with E-state index in [9.17, 15) is 0 Å². The van der Waals surface area contributed by atoms with Crippen LogP contribution in [0.15, 0.2) is 9.85 Å². The van der Waals surface area contributed by atoms with Crippen LogP contribution in [0.25, 0.3) is 0 Å². The van der Waals surface area contributed by atoms with Gasteiger partial charge in [0, 0.05) is 10.9 Å². The lowest BCUT2D eigenvalue weighted by Crippen LogP contribution is -2.15. The first-order chi connectivity index (χ1) is 7.20. The second-order valence-electron chi connectivity index (χ2n) is 4.47. The predicted octanol–water partition coefficient (Wildman–Crippen LogP) is 4.27. The number of thiophene rings is 1. The molecule has 0 saturated heterocycles. The van der Waals surface area contributed by atoms with Gasteiger partial charge in [0.1, 0.15) is 0 Å². The molecular weight excluding hydrogens is 270 g/mol. The number of nitrogens with one attached hydrogen (secondary N) is 1. The van der Waals surface area contributed by atoms with Crippen LogP contribution in [0.1, 0.15) is 42.2 Å². The molecule has 0 radical (unpaired) electrons. The molecule has 1 aromatic heterocycles. The van der Waals surface area contributed by atoms with Crippen molar-refractivity contribution < 1.29 is 0 Å². The van der Waals surface area contributed by atoms with Crippen molar-refractivity contribution in [1.82, 2.24) is 5.32 Å². The minimum absolute atomic E-state index is 0.556. The molecule has 1 heterocycles. The molecule has 1 aliphatic rings. The molecule has 0 aromatic carbocycles. The average Bonchev–Trinajstić information content (AvgIpc) is 2.96. The van der Waals surface area contributed by atoms with Crippen LogP contribution >= 0.6 is 27.3 Å². The van der Waals surface area contributed by atoms with E-state index in [2.05, 4.69) is 41.3 Å². The highest BCUT2D eigenvalue weighted by molar-refractivity contribution is 9.11. The van der Waals surface area contributed by atoms with Gasteiger partial charge in [-0.25, -0.2) is 0 Å². The molecule has 1 fully saturated rings. The van der Waals surface area contributed by atoms with E-state index in [1.54, 1.807) is 0 Å². The largest absolute Gasteiger partial charge is 0.312 e. The summed E-state index contributed by atoms with van der Waals surface area (Å²) in [7, 11) is 2.07. The van der Waals surface area contributed by atoms with Gasteiger partial charge in [-0.2, -0.15) is 0 Å². The van der Waals surface area contributed by atoms with Gasteiger partial charge in [-0.1, -0.05) is 12.8 Å². The normalized spacial score (nSPS) is 18.1. The number of rotatable bonds is 5. The van der Waals surface area contributed by atoms with Gasteiger partial charge in [0.15, 0.2) is 0 Å². The molecule has 84 valence electrons. The summed E-state index contributed by atoms with van der Waals surface area (Å²) in [5, 5.41) is 3.43. The summed E-state index contributed by atoms with van der Waals surface area (Å²) in [6.07, 6.45) is 5.60. The Bertz CT molecular complexity index is 311. The average molecular weight is 288 g/mol. The standard InChI is InChI=1S/C12H18BrNS/c1-8-7-11(15-12(8)13)10(14-2)6-5-9-3-4-9/h7,9-10,14H,3-6H2,1-2H3. The van der Waals surface area contributed by atoms with Crippen LogP contribution in [0.3, 0.4) is 0 Å². The van der Waals surface area contributed by atoms with E-state index in [0.717, 1.165) is 5.92 Å². The molecular formula is C12H18BrNS. The Morgan fingerprint density at radius 3 is 2.80 bits per heavy atom. The first kappa shape index (κ1) is 11.6. The number of aryl methyl sites for hydroxylation is 1. The van der Waals surface area contributed by atoms with E-state index in [0.29, 0.717) is 6.04 Å². The Labute approximate surface area is 104 Å². The predicted molar refractivity (Wildman–Crippen MR) is 70.5 cm³/mol. The molecule has 0 spiro atoms. The Kier molecular flexibility index (Phi) is 3.86. The van der Waals surface area contributed by atoms with E-state index in [1.807, 2.05) is 11.3 Å². The van der Waals surface area contributed by atoms with Crippen LogP contribution in [-0.2, 0) is 0 Å². The fraction of sp³-hybridized carbons (Fsp3) is 0.667. The minimum Gasteiger partial charge on any atom is -0.312 e. The van der Waals surface area contributed by atoms with Crippen LogP contribution in [-0.4, -0.2) is 7.05 Å². The molecule has 0 aliphatic heterocycles. The monoisotopic (exact) mass is 287 g/mol. The molecule has 1 unspecified atom stereocenters. The minimum atomic E-state index is 0.556. The van der Waals surface area contributed by atoms with Crippen molar-refractivity contribution in [2.45, 2.75) is 38.6 Å². The van der Waals surface area contributed by atoms with Crippen LogP contribution in [0.5, 0.6) is 0 Å². The summed E-state index contributed by atoms with van der Waals surface area (Å²) in [6.45, 7) is 2.16. The van der Waals surface area contributed by atoms with Gasteiger partial charge in [0.25, 0.3) is 0 Å². The molecule has 15 heavy (non-hydrogen) atoms. The summed E-state index contributed by atoms with van der Waals surface area (Å²) in [4.78, 5) is 1.47. The molecule has 2 rings (SSSR count). The smallest absolute Gasteiger partial charge is 0.0731 e. The fourth-order valence-electron chi connectivity index (χ4n) is 1.89. The molecule has 1 N–H and O–H groups in total. The Hall–Kier alpha value is 0.140. The van der Waals surface area contributed by atoms with Gasteiger partial charge in [-0.05, 0) is 60.3 Å². The summed E-state index contributed by atoms with van der Waals surface area (Å²) in [6, 6.07) is 2.86. The highest BCUT2D eigenvalue weighted by atomic mass is 79.9. The van der Waals surface area contributed by atoms with Crippen LogP contribution in [0, 0.1) is 12.8 Å². The van der Waals surface area contributed by atoms with E-state index >= 15 is 0 Å². The molecule has 1 nitrogen and oxygen atoms in total. The Morgan fingerprint density at radius 1 is 1.60 bits per heavy atom. The van der Waals surface area contributed by atoms with Gasteiger partial charge in [-0.15, -0.1) is 11.3 Å². The summed E-state index contributed by atoms with van der Waals surface area (Å²) < 4.78 is 1.28. The zero-order valence-corrected chi connectivity index (χ0v) is 11.7. The third kappa shape index (κ3) is 3.05. The zero-order chi connectivity index (χ0) is 10.8. The summed E-state index contributed by atoms with van der Waals surface area (Å²) >= 11 is 5.47. The van der Waals surface area contributed by atoms with Gasteiger partial charge in [-0.3, -0.25) is 0 Å². The van der Waals surface area contributed by atoms with Crippen LogP contribution < -0.4 is 5.32 Å².